The van der Waals surface area contributed by atoms with Crippen molar-refractivity contribution in [1.29, 1.82) is 0 Å². The van der Waals surface area contributed by atoms with Gasteiger partial charge in [-0.3, -0.25) is 14.7 Å². The van der Waals surface area contributed by atoms with Crippen molar-refractivity contribution in [2.45, 2.75) is 39.5 Å². The third-order valence-corrected chi connectivity index (χ3v) is 4.24. The van der Waals surface area contributed by atoms with Gasteiger partial charge in [0.15, 0.2) is 5.69 Å². The highest BCUT2D eigenvalue weighted by Crippen LogP contribution is 2.18. The molecule has 2 rings (SSSR count). The molecule has 0 aliphatic rings. The highest BCUT2D eigenvalue weighted by Gasteiger charge is 2.22. The van der Waals surface area contributed by atoms with Crippen LogP contribution in [-0.2, 0) is 0 Å². The number of anilines is 1. The third-order valence-electron chi connectivity index (χ3n) is 4.24. The second-order valence-electron chi connectivity index (χ2n) is 6.35. The zero-order chi connectivity index (χ0) is 19.8. The van der Waals surface area contributed by atoms with Crippen LogP contribution in [0.5, 0.6) is 0 Å². The maximum absolute atomic E-state index is 13.7. The van der Waals surface area contributed by atoms with Gasteiger partial charge >= 0.3 is 0 Å². The molecule has 0 radical (unpaired) electrons. The lowest BCUT2D eigenvalue weighted by Crippen LogP contribution is -2.30. The van der Waals surface area contributed by atoms with Gasteiger partial charge in [-0.2, -0.15) is 5.10 Å². The number of amides is 2. The number of carbonyl (C=O) groups excluding carboxylic acids is 2. The Morgan fingerprint density at radius 2 is 1.74 bits per heavy atom. The van der Waals surface area contributed by atoms with E-state index in [2.05, 4.69) is 34.7 Å². The maximum atomic E-state index is 13.7. The van der Waals surface area contributed by atoms with Crippen molar-refractivity contribution in [3.05, 3.63) is 47.3 Å². The van der Waals surface area contributed by atoms with Crippen LogP contribution in [-0.4, -0.2) is 28.6 Å². The summed E-state index contributed by atoms with van der Waals surface area (Å²) < 4.78 is 27.5. The average molecular weight is 378 g/mol. The molecule has 27 heavy (non-hydrogen) atoms. The third kappa shape index (κ3) is 5.35. The number of carbonyl (C=O) groups is 2. The van der Waals surface area contributed by atoms with Crippen LogP contribution >= 0.6 is 0 Å². The molecule has 0 saturated carbocycles. The first-order valence-corrected chi connectivity index (χ1v) is 9.05. The molecule has 1 aromatic heterocycles. The summed E-state index contributed by atoms with van der Waals surface area (Å²) in [5, 5.41) is 11.5. The molecule has 0 aliphatic heterocycles. The van der Waals surface area contributed by atoms with Crippen molar-refractivity contribution in [3.8, 4) is 0 Å². The molecular weight excluding hydrogens is 354 g/mol. The lowest BCUT2D eigenvalue weighted by atomic mass is 9.98. The Morgan fingerprint density at radius 1 is 1.11 bits per heavy atom. The fourth-order valence-corrected chi connectivity index (χ4v) is 2.94. The van der Waals surface area contributed by atoms with Gasteiger partial charge in [-0.25, -0.2) is 8.78 Å². The predicted molar refractivity (Wildman–Crippen MR) is 98.5 cm³/mol. The number of aromatic nitrogens is 2. The van der Waals surface area contributed by atoms with Crippen LogP contribution in [0.2, 0.25) is 0 Å². The summed E-state index contributed by atoms with van der Waals surface area (Å²) >= 11 is 0. The molecule has 0 unspecified atom stereocenters. The second kappa shape index (κ2) is 9.80. The Kier molecular flexibility index (Phi) is 7.45. The fraction of sp³-hybridized carbons (Fsp3) is 0.421. The average Bonchev–Trinajstić information content (AvgIpc) is 3.08. The SMILES string of the molecule is CCCC(CCC)CNC(=O)c1n[nH]cc1NC(=O)c1c(F)cccc1F. The molecule has 2 amide bonds. The van der Waals surface area contributed by atoms with Gasteiger partial charge in [-0.05, 0) is 30.9 Å². The Balaban J connectivity index is 2.06. The van der Waals surface area contributed by atoms with Gasteiger partial charge in [-0.15, -0.1) is 0 Å². The number of benzene rings is 1. The summed E-state index contributed by atoms with van der Waals surface area (Å²) in [5.74, 6) is -3.05. The molecule has 1 heterocycles. The molecule has 0 saturated heterocycles. The largest absolute Gasteiger partial charge is 0.350 e. The van der Waals surface area contributed by atoms with Crippen molar-refractivity contribution in [3.63, 3.8) is 0 Å². The summed E-state index contributed by atoms with van der Waals surface area (Å²) in [5.41, 5.74) is -0.689. The highest BCUT2D eigenvalue weighted by atomic mass is 19.1. The summed E-state index contributed by atoms with van der Waals surface area (Å²) in [4.78, 5) is 24.6. The molecule has 6 nitrogen and oxygen atoms in total. The number of hydrogen-bond acceptors (Lipinski definition) is 3. The van der Waals surface area contributed by atoms with E-state index < -0.39 is 29.0 Å². The molecule has 0 spiro atoms. The van der Waals surface area contributed by atoms with E-state index in [-0.39, 0.29) is 11.4 Å². The van der Waals surface area contributed by atoms with Crippen LogP contribution < -0.4 is 10.6 Å². The van der Waals surface area contributed by atoms with Crippen LogP contribution in [0.4, 0.5) is 14.5 Å². The van der Waals surface area contributed by atoms with Crippen molar-refractivity contribution in [2.75, 3.05) is 11.9 Å². The minimum atomic E-state index is -0.990. The first kappa shape index (κ1) is 20.5. The van der Waals surface area contributed by atoms with E-state index in [1.807, 2.05) is 0 Å². The lowest BCUT2D eigenvalue weighted by molar-refractivity contribution is 0.0941. The Hall–Kier alpha value is -2.77. The first-order valence-electron chi connectivity index (χ1n) is 9.05. The Labute approximate surface area is 156 Å². The van der Waals surface area contributed by atoms with E-state index in [0.717, 1.165) is 37.8 Å². The highest BCUT2D eigenvalue weighted by molar-refractivity contribution is 6.08. The van der Waals surface area contributed by atoms with Crippen molar-refractivity contribution < 1.29 is 18.4 Å². The molecule has 1 aromatic carbocycles. The van der Waals surface area contributed by atoms with E-state index >= 15 is 0 Å². The number of nitrogens with zero attached hydrogens (tertiary/aromatic N) is 1. The minimum absolute atomic E-state index is 0.0353. The van der Waals surface area contributed by atoms with Crippen LogP contribution in [0, 0.1) is 17.6 Å². The normalized spacial score (nSPS) is 10.9. The minimum Gasteiger partial charge on any atom is -0.350 e. The number of aromatic amines is 1. The molecular formula is C19H24F2N4O2. The second-order valence-corrected chi connectivity index (χ2v) is 6.35. The number of rotatable bonds is 9. The maximum Gasteiger partial charge on any atom is 0.273 e. The van der Waals surface area contributed by atoms with Crippen LogP contribution in [0.25, 0.3) is 0 Å². The number of H-pyrrole nitrogens is 1. The molecule has 0 fully saturated rings. The van der Waals surface area contributed by atoms with Gasteiger partial charge in [0.2, 0.25) is 0 Å². The summed E-state index contributed by atoms with van der Waals surface area (Å²) in [6.07, 6.45) is 5.35. The predicted octanol–water partition coefficient (Wildman–Crippen LogP) is 3.89. The fourth-order valence-electron chi connectivity index (χ4n) is 2.94. The molecule has 0 bridgehead atoms. The standard InChI is InChI=1S/C19H24F2N4O2/c1-3-6-12(7-4-2)10-22-19(27)17-15(11-23-25-17)24-18(26)16-13(20)8-5-9-14(16)21/h5,8-9,11-12H,3-4,6-7,10H2,1-2H3,(H,22,27)(H,23,25)(H,24,26). The molecule has 3 N–H and O–H groups in total. The van der Waals surface area contributed by atoms with E-state index in [0.29, 0.717) is 12.5 Å². The molecule has 2 aromatic rings. The lowest BCUT2D eigenvalue weighted by Gasteiger charge is -2.15. The number of halogens is 2. The number of nitrogens with one attached hydrogen (secondary N) is 3. The van der Waals surface area contributed by atoms with E-state index in [1.54, 1.807) is 0 Å². The van der Waals surface area contributed by atoms with Gasteiger partial charge < -0.3 is 10.6 Å². The summed E-state index contributed by atoms with van der Waals surface area (Å²) in [7, 11) is 0. The molecule has 0 atom stereocenters. The zero-order valence-corrected chi connectivity index (χ0v) is 15.4. The van der Waals surface area contributed by atoms with E-state index in [4.69, 9.17) is 0 Å². The molecule has 0 aliphatic carbocycles. The van der Waals surface area contributed by atoms with Gasteiger partial charge in [0.05, 0.1) is 5.69 Å². The topological polar surface area (TPSA) is 86.9 Å². The van der Waals surface area contributed by atoms with Crippen molar-refractivity contribution >= 4 is 17.5 Å². The quantitative estimate of drug-likeness (QED) is 0.619. The zero-order valence-electron chi connectivity index (χ0n) is 15.4. The van der Waals surface area contributed by atoms with Crippen LogP contribution in [0.3, 0.4) is 0 Å². The van der Waals surface area contributed by atoms with E-state index in [1.165, 1.54) is 12.3 Å². The molecule has 8 heteroatoms. The van der Waals surface area contributed by atoms with Crippen molar-refractivity contribution in [2.24, 2.45) is 5.92 Å². The van der Waals surface area contributed by atoms with Gasteiger partial charge in [0.25, 0.3) is 11.8 Å². The van der Waals surface area contributed by atoms with Gasteiger partial charge in [-0.1, -0.05) is 32.8 Å². The van der Waals surface area contributed by atoms with Crippen LogP contribution in [0.1, 0.15) is 60.4 Å². The Morgan fingerprint density at radius 3 is 2.33 bits per heavy atom. The van der Waals surface area contributed by atoms with Gasteiger partial charge in [0.1, 0.15) is 17.2 Å². The summed E-state index contributed by atoms with van der Waals surface area (Å²) in [6.45, 7) is 4.68. The first-order chi connectivity index (χ1) is 13.0. The number of hydrogen-bond donors (Lipinski definition) is 3. The monoisotopic (exact) mass is 378 g/mol. The summed E-state index contributed by atoms with van der Waals surface area (Å²) in [6, 6.07) is 3.15. The van der Waals surface area contributed by atoms with Crippen LogP contribution in [0.15, 0.2) is 24.4 Å². The van der Waals surface area contributed by atoms with Crippen molar-refractivity contribution in [1.82, 2.24) is 15.5 Å². The Bertz CT molecular complexity index is 766. The van der Waals surface area contributed by atoms with Gasteiger partial charge in [0, 0.05) is 12.7 Å². The smallest absolute Gasteiger partial charge is 0.273 e. The van der Waals surface area contributed by atoms with E-state index in [9.17, 15) is 18.4 Å². The molecule has 146 valence electrons.